The van der Waals surface area contributed by atoms with E-state index in [-0.39, 0.29) is 0 Å². The van der Waals surface area contributed by atoms with Crippen LogP contribution in [0.2, 0.25) is 5.02 Å². The Morgan fingerprint density at radius 1 is 1.07 bits per heavy atom. The fourth-order valence-corrected chi connectivity index (χ4v) is 6.97. The lowest BCUT2D eigenvalue weighted by molar-refractivity contribution is 0.386. The standard InChI is InChI=1S/C19H20ClN3O2S3/c1-13-14(2)27-19(21-13)15-11-18(26-12-15)28(24,25)23-9-7-22(8-10-23)17-5-3-16(20)4-6-17/h3-6,11-12H,7-10H2,1-2H3. The Bertz CT molecular complexity index is 1060. The molecule has 1 saturated heterocycles. The third kappa shape index (κ3) is 3.84. The van der Waals surface area contributed by atoms with Crippen LogP contribution >= 0.6 is 34.3 Å². The second kappa shape index (κ2) is 7.76. The molecule has 0 spiro atoms. The van der Waals surface area contributed by atoms with Crippen molar-refractivity contribution in [3.8, 4) is 10.6 Å². The van der Waals surface area contributed by atoms with Gasteiger partial charge in [-0.15, -0.1) is 22.7 Å². The van der Waals surface area contributed by atoms with Gasteiger partial charge in [0.2, 0.25) is 0 Å². The number of benzene rings is 1. The molecule has 28 heavy (non-hydrogen) atoms. The fourth-order valence-electron chi connectivity index (χ4n) is 3.13. The predicted molar refractivity (Wildman–Crippen MR) is 117 cm³/mol. The number of hydrogen-bond donors (Lipinski definition) is 0. The molecule has 5 nitrogen and oxygen atoms in total. The van der Waals surface area contributed by atoms with Gasteiger partial charge < -0.3 is 4.90 Å². The van der Waals surface area contributed by atoms with Crippen LogP contribution in [0.4, 0.5) is 5.69 Å². The first-order valence-electron chi connectivity index (χ1n) is 8.88. The molecular formula is C19H20ClN3O2S3. The highest BCUT2D eigenvalue weighted by atomic mass is 35.5. The summed E-state index contributed by atoms with van der Waals surface area (Å²) >= 11 is 8.81. The predicted octanol–water partition coefficient (Wildman–Crippen LogP) is 4.65. The van der Waals surface area contributed by atoms with E-state index in [1.807, 2.05) is 43.5 Å². The van der Waals surface area contributed by atoms with E-state index in [2.05, 4.69) is 9.88 Å². The molecule has 3 heterocycles. The Morgan fingerprint density at radius 3 is 2.36 bits per heavy atom. The Labute approximate surface area is 178 Å². The van der Waals surface area contributed by atoms with E-state index in [9.17, 15) is 8.42 Å². The highest BCUT2D eigenvalue weighted by Gasteiger charge is 2.30. The summed E-state index contributed by atoms with van der Waals surface area (Å²) in [5.41, 5.74) is 2.94. The fraction of sp³-hybridized carbons (Fsp3) is 0.316. The van der Waals surface area contributed by atoms with Crippen LogP contribution in [-0.4, -0.2) is 43.9 Å². The van der Waals surface area contributed by atoms with Gasteiger partial charge in [0, 0.05) is 52.7 Å². The third-order valence-corrected chi connectivity index (χ3v) is 9.56. The van der Waals surface area contributed by atoms with E-state index in [4.69, 9.17) is 11.6 Å². The molecule has 1 aromatic carbocycles. The SMILES string of the molecule is Cc1nc(-c2csc(S(=O)(=O)N3CCN(c4ccc(Cl)cc4)CC3)c2)sc1C. The molecule has 0 unspecified atom stereocenters. The van der Waals surface area contributed by atoms with Crippen molar-refractivity contribution in [2.45, 2.75) is 18.1 Å². The van der Waals surface area contributed by atoms with Crippen molar-refractivity contribution in [1.82, 2.24) is 9.29 Å². The maximum Gasteiger partial charge on any atom is 0.252 e. The van der Waals surface area contributed by atoms with Crippen molar-refractivity contribution in [3.63, 3.8) is 0 Å². The van der Waals surface area contributed by atoms with Gasteiger partial charge in [0.15, 0.2) is 0 Å². The molecule has 0 amide bonds. The summed E-state index contributed by atoms with van der Waals surface area (Å²) in [6.45, 7) is 6.25. The molecule has 3 aromatic rings. The van der Waals surface area contributed by atoms with E-state index in [1.165, 1.54) is 11.3 Å². The number of aryl methyl sites for hydroxylation is 2. The maximum atomic E-state index is 13.1. The lowest BCUT2D eigenvalue weighted by Gasteiger charge is -2.35. The van der Waals surface area contributed by atoms with E-state index < -0.39 is 10.0 Å². The first kappa shape index (κ1) is 19.8. The van der Waals surface area contributed by atoms with E-state index in [1.54, 1.807) is 21.7 Å². The maximum absolute atomic E-state index is 13.1. The largest absolute Gasteiger partial charge is 0.369 e. The average molecular weight is 454 g/mol. The molecule has 0 saturated carbocycles. The highest BCUT2D eigenvalue weighted by molar-refractivity contribution is 7.91. The molecule has 1 aliphatic rings. The second-order valence-electron chi connectivity index (χ2n) is 6.68. The molecule has 1 fully saturated rings. The van der Waals surface area contributed by atoms with Crippen LogP contribution in [0.1, 0.15) is 10.6 Å². The van der Waals surface area contributed by atoms with Crippen molar-refractivity contribution in [2.75, 3.05) is 31.1 Å². The Kier molecular flexibility index (Phi) is 5.50. The minimum Gasteiger partial charge on any atom is -0.369 e. The zero-order chi connectivity index (χ0) is 19.9. The zero-order valence-corrected chi connectivity index (χ0v) is 18.8. The number of thiophene rings is 1. The molecule has 148 valence electrons. The lowest BCUT2D eigenvalue weighted by Crippen LogP contribution is -2.48. The number of anilines is 1. The number of rotatable bonds is 4. The minimum absolute atomic E-state index is 0.382. The van der Waals surface area contributed by atoms with Crippen LogP contribution in [0.5, 0.6) is 0 Å². The molecule has 0 aliphatic carbocycles. The van der Waals surface area contributed by atoms with Gasteiger partial charge in [-0.2, -0.15) is 4.31 Å². The molecule has 1 aliphatic heterocycles. The number of thiazole rings is 1. The van der Waals surface area contributed by atoms with Crippen LogP contribution in [-0.2, 0) is 10.0 Å². The molecule has 2 aromatic heterocycles. The lowest BCUT2D eigenvalue weighted by atomic mass is 10.2. The molecule has 0 radical (unpaired) electrons. The average Bonchev–Trinajstić information content (AvgIpc) is 3.30. The minimum atomic E-state index is -3.48. The molecule has 0 bridgehead atoms. The van der Waals surface area contributed by atoms with Crippen LogP contribution < -0.4 is 4.90 Å². The van der Waals surface area contributed by atoms with Gasteiger partial charge >= 0.3 is 0 Å². The zero-order valence-electron chi connectivity index (χ0n) is 15.6. The van der Waals surface area contributed by atoms with Gasteiger partial charge in [0.05, 0.1) is 5.69 Å². The normalized spacial score (nSPS) is 15.9. The van der Waals surface area contributed by atoms with Gasteiger partial charge in [-0.3, -0.25) is 0 Å². The van der Waals surface area contributed by atoms with Gasteiger partial charge in [-0.1, -0.05) is 11.6 Å². The van der Waals surface area contributed by atoms with Crippen molar-refractivity contribution >= 4 is 50.0 Å². The molecule has 9 heteroatoms. The Balaban J connectivity index is 1.48. The highest BCUT2D eigenvalue weighted by Crippen LogP contribution is 2.34. The number of piperazine rings is 1. The van der Waals surface area contributed by atoms with Gasteiger partial charge in [0.25, 0.3) is 10.0 Å². The number of nitrogens with zero attached hydrogens (tertiary/aromatic N) is 3. The number of sulfonamides is 1. The van der Waals surface area contributed by atoms with Gasteiger partial charge in [0.1, 0.15) is 9.22 Å². The van der Waals surface area contributed by atoms with Crippen LogP contribution in [0.3, 0.4) is 0 Å². The van der Waals surface area contributed by atoms with Crippen molar-refractivity contribution in [1.29, 1.82) is 0 Å². The number of aromatic nitrogens is 1. The quantitative estimate of drug-likeness (QED) is 0.576. The van der Waals surface area contributed by atoms with Gasteiger partial charge in [-0.05, 0) is 44.2 Å². The van der Waals surface area contributed by atoms with E-state index in [0.717, 1.165) is 26.8 Å². The number of hydrogen-bond acceptors (Lipinski definition) is 6. The summed E-state index contributed by atoms with van der Waals surface area (Å²) in [5, 5.41) is 3.46. The number of halogens is 1. The Hall–Kier alpha value is -1.45. The van der Waals surface area contributed by atoms with Crippen molar-refractivity contribution in [2.24, 2.45) is 0 Å². The molecule has 0 atom stereocenters. The van der Waals surface area contributed by atoms with Crippen LogP contribution in [0.25, 0.3) is 10.6 Å². The van der Waals surface area contributed by atoms with Crippen molar-refractivity contribution in [3.05, 3.63) is 51.3 Å². The summed E-state index contributed by atoms with van der Waals surface area (Å²) < 4.78 is 28.1. The van der Waals surface area contributed by atoms with E-state index in [0.29, 0.717) is 35.4 Å². The molecule has 4 rings (SSSR count). The summed E-state index contributed by atoms with van der Waals surface area (Å²) in [4.78, 5) is 7.88. The van der Waals surface area contributed by atoms with Crippen LogP contribution in [0, 0.1) is 13.8 Å². The summed E-state index contributed by atoms with van der Waals surface area (Å²) in [6.07, 6.45) is 0. The van der Waals surface area contributed by atoms with E-state index >= 15 is 0 Å². The first-order chi connectivity index (χ1) is 13.3. The molecule has 0 N–H and O–H groups in total. The first-order valence-corrected chi connectivity index (χ1v) is 12.4. The summed E-state index contributed by atoms with van der Waals surface area (Å²) in [6, 6.07) is 9.40. The summed E-state index contributed by atoms with van der Waals surface area (Å²) in [5.74, 6) is 0. The third-order valence-electron chi connectivity index (χ3n) is 4.88. The smallest absolute Gasteiger partial charge is 0.252 e. The second-order valence-corrected chi connectivity index (χ2v) is 11.4. The monoisotopic (exact) mass is 453 g/mol. The van der Waals surface area contributed by atoms with Crippen LogP contribution in [0.15, 0.2) is 39.9 Å². The van der Waals surface area contributed by atoms with Crippen molar-refractivity contribution < 1.29 is 8.42 Å². The molecular weight excluding hydrogens is 434 g/mol. The summed E-state index contributed by atoms with van der Waals surface area (Å²) in [7, 11) is -3.48. The van der Waals surface area contributed by atoms with Gasteiger partial charge in [-0.25, -0.2) is 13.4 Å². The topological polar surface area (TPSA) is 53.5 Å². The Morgan fingerprint density at radius 2 is 1.75 bits per heavy atom.